The molecule has 0 aromatic heterocycles. The van der Waals surface area contributed by atoms with Gasteiger partial charge in [-0.15, -0.1) is 0 Å². The van der Waals surface area contributed by atoms with Crippen LogP contribution in [0.5, 0.6) is 23.0 Å². The van der Waals surface area contributed by atoms with Crippen molar-refractivity contribution in [3.05, 3.63) is 48.0 Å². The zero-order chi connectivity index (χ0) is 21.9. The molecule has 0 unspecified atom stereocenters. The summed E-state index contributed by atoms with van der Waals surface area (Å²) in [6.45, 7) is 4.23. The van der Waals surface area contributed by atoms with E-state index in [-0.39, 0.29) is 0 Å². The fourth-order valence-electron chi connectivity index (χ4n) is 2.46. The lowest BCUT2D eigenvalue weighted by molar-refractivity contribution is -0.128. The molecule has 30 heavy (non-hydrogen) atoms. The predicted octanol–water partition coefficient (Wildman–Crippen LogP) is 3.11. The van der Waals surface area contributed by atoms with Gasteiger partial charge in [-0.25, -0.2) is 0 Å². The van der Waals surface area contributed by atoms with Crippen molar-refractivity contribution in [1.82, 2.24) is 10.9 Å². The summed E-state index contributed by atoms with van der Waals surface area (Å²) < 4.78 is 21.6. The predicted molar refractivity (Wildman–Crippen MR) is 112 cm³/mol. The zero-order valence-corrected chi connectivity index (χ0v) is 17.7. The highest BCUT2D eigenvalue weighted by atomic mass is 16.5. The van der Waals surface area contributed by atoms with E-state index in [1.54, 1.807) is 56.5 Å². The minimum atomic E-state index is -0.817. The molecule has 0 aliphatic carbocycles. The van der Waals surface area contributed by atoms with Gasteiger partial charge in [0.05, 0.1) is 20.8 Å². The van der Waals surface area contributed by atoms with Crippen molar-refractivity contribution in [1.29, 1.82) is 0 Å². The van der Waals surface area contributed by atoms with E-state index in [0.29, 0.717) is 35.2 Å². The van der Waals surface area contributed by atoms with Gasteiger partial charge in [0.15, 0.2) is 17.6 Å². The van der Waals surface area contributed by atoms with Crippen LogP contribution in [0.4, 0.5) is 0 Å². The second-order valence-electron chi connectivity index (χ2n) is 6.45. The van der Waals surface area contributed by atoms with Gasteiger partial charge in [0.2, 0.25) is 0 Å². The van der Waals surface area contributed by atoms with E-state index in [1.165, 1.54) is 7.11 Å². The van der Waals surface area contributed by atoms with Crippen molar-refractivity contribution < 1.29 is 28.5 Å². The lowest BCUT2D eigenvalue weighted by atomic mass is 10.2. The highest BCUT2D eigenvalue weighted by Gasteiger charge is 2.17. The summed E-state index contributed by atoms with van der Waals surface area (Å²) in [6.07, 6.45) is 1.12. The lowest BCUT2D eigenvalue weighted by Crippen LogP contribution is -2.47. The van der Waals surface area contributed by atoms with Gasteiger partial charge in [-0.3, -0.25) is 20.4 Å². The molecular formula is C22H28N2O6. The van der Waals surface area contributed by atoms with Crippen LogP contribution < -0.4 is 29.8 Å². The van der Waals surface area contributed by atoms with Crippen LogP contribution in [0.1, 0.15) is 37.0 Å². The molecule has 0 saturated carbocycles. The van der Waals surface area contributed by atoms with Crippen LogP contribution >= 0.6 is 0 Å². The van der Waals surface area contributed by atoms with Crippen molar-refractivity contribution >= 4 is 11.8 Å². The second-order valence-corrected chi connectivity index (χ2v) is 6.45. The zero-order valence-electron chi connectivity index (χ0n) is 17.7. The topological polar surface area (TPSA) is 95.1 Å². The van der Waals surface area contributed by atoms with Crippen molar-refractivity contribution in [2.75, 3.05) is 20.8 Å². The molecule has 1 atom stereocenters. The molecule has 0 heterocycles. The number of hydrazine groups is 1. The summed E-state index contributed by atoms with van der Waals surface area (Å²) in [6, 6.07) is 11.7. The monoisotopic (exact) mass is 416 g/mol. The molecule has 0 spiro atoms. The molecule has 2 N–H and O–H groups in total. The maximum atomic E-state index is 12.4. The molecule has 0 radical (unpaired) electrons. The van der Waals surface area contributed by atoms with Crippen LogP contribution in [0.25, 0.3) is 0 Å². The Morgan fingerprint density at radius 3 is 2.27 bits per heavy atom. The number of amides is 2. The van der Waals surface area contributed by atoms with Gasteiger partial charge in [-0.2, -0.15) is 0 Å². The Labute approximate surface area is 176 Å². The van der Waals surface area contributed by atoms with Gasteiger partial charge >= 0.3 is 0 Å². The Morgan fingerprint density at radius 2 is 1.63 bits per heavy atom. The first kappa shape index (κ1) is 22.9. The fraction of sp³-hybridized carbons (Fsp3) is 0.364. The molecule has 162 valence electrons. The highest BCUT2D eigenvalue weighted by molar-refractivity contribution is 5.96. The van der Waals surface area contributed by atoms with Gasteiger partial charge in [0, 0.05) is 5.56 Å². The Kier molecular flexibility index (Phi) is 8.80. The standard InChI is InChI=1S/C22H28N2O6/c1-5-6-13-29-19-12-7-16(14-20(19)28-4)22(26)24-23-21(25)15(2)30-18-10-8-17(27-3)9-11-18/h7-12,14-15H,5-6,13H2,1-4H3,(H,23,25)(H,24,26)/t15-/m0/s1. The van der Waals surface area contributed by atoms with Gasteiger partial charge in [0.1, 0.15) is 11.5 Å². The van der Waals surface area contributed by atoms with E-state index in [1.807, 2.05) is 0 Å². The third-order valence-electron chi connectivity index (χ3n) is 4.22. The number of methoxy groups -OCH3 is 2. The third-order valence-corrected chi connectivity index (χ3v) is 4.22. The maximum Gasteiger partial charge on any atom is 0.279 e. The molecule has 2 aromatic rings. The van der Waals surface area contributed by atoms with Gasteiger partial charge in [0.25, 0.3) is 11.8 Å². The number of carbonyl (C=O) groups excluding carboxylic acids is 2. The average molecular weight is 416 g/mol. The molecule has 0 saturated heterocycles. The second kappa shape index (κ2) is 11.5. The molecule has 8 nitrogen and oxygen atoms in total. The molecule has 2 aromatic carbocycles. The van der Waals surface area contributed by atoms with E-state index in [2.05, 4.69) is 17.8 Å². The number of rotatable bonds is 10. The summed E-state index contributed by atoms with van der Waals surface area (Å²) >= 11 is 0. The quantitative estimate of drug-likeness (QED) is 0.457. The Bertz CT molecular complexity index is 838. The average Bonchev–Trinajstić information content (AvgIpc) is 2.77. The van der Waals surface area contributed by atoms with Crippen molar-refractivity contribution in [2.24, 2.45) is 0 Å². The minimum Gasteiger partial charge on any atom is -0.497 e. The first-order chi connectivity index (χ1) is 14.5. The van der Waals surface area contributed by atoms with E-state index in [4.69, 9.17) is 18.9 Å². The number of ether oxygens (including phenoxy) is 4. The summed E-state index contributed by atoms with van der Waals surface area (Å²) in [7, 11) is 3.07. The third kappa shape index (κ3) is 6.58. The van der Waals surface area contributed by atoms with E-state index >= 15 is 0 Å². The summed E-state index contributed by atoms with van der Waals surface area (Å²) in [5.74, 6) is 1.22. The van der Waals surface area contributed by atoms with Crippen LogP contribution in [-0.2, 0) is 4.79 Å². The van der Waals surface area contributed by atoms with E-state index in [0.717, 1.165) is 12.8 Å². The van der Waals surface area contributed by atoms with Crippen LogP contribution in [0.15, 0.2) is 42.5 Å². The number of hydrogen-bond donors (Lipinski definition) is 2. The van der Waals surface area contributed by atoms with E-state index in [9.17, 15) is 9.59 Å². The minimum absolute atomic E-state index is 0.318. The normalized spacial score (nSPS) is 11.2. The Hall–Kier alpha value is -3.42. The Balaban J connectivity index is 1.89. The van der Waals surface area contributed by atoms with Crippen LogP contribution in [0.3, 0.4) is 0 Å². The van der Waals surface area contributed by atoms with Crippen LogP contribution in [0, 0.1) is 0 Å². The first-order valence-corrected chi connectivity index (χ1v) is 9.70. The SMILES string of the molecule is CCCCOc1ccc(C(=O)NNC(=O)[C@H](C)Oc2ccc(OC)cc2)cc1OC. The summed E-state index contributed by atoms with van der Waals surface area (Å²) in [4.78, 5) is 24.6. The van der Waals surface area contributed by atoms with Gasteiger partial charge in [-0.05, 0) is 55.8 Å². The molecule has 0 fully saturated rings. The molecule has 0 bridgehead atoms. The number of hydrogen-bond acceptors (Lipinski definition) is 6. The van der Waals surface area contributed by atoms with Crippen molar-refractivity contribution in [2.45, 2.75) is 32.8 Å². The van der Waals surface area contributed by atoms with Gasteiger partial charge in [-0.1, -0.05) is 13.3 Å². The molecule has 0 aliphatic rings. The molecule has 0 aliphatic heterocycles. The molecule has 8 heteroatoms. The molecular weight excluding hydrogens is 388 g/mol. The molecule has 2 rings (SSSR count). The smallest absolute Gasteiger partial charge is 0.279 e. The van der Waals surface area contributed by atoms with Crippen LogP contribution in [-0.4, -0.2) is 38.7 Å². The number of nitrogens with one attached hydrogen (secondary N) is 2. The lowest BCUT2D eigenvalue weighted by Gasteiger charge is -2.16. The van der Waals surface area contributed by atoms with Crippen LogP contribution in [0.2, 0.25) is 0 Å². The number of carbonyl (C=O) groups is 2. The van der Waals surface area contributed by atoms with E-state index < -0.39 is 17.9 Å². The largest absolute Gasteiger partial charge is 0.497 e. The number of benzene rings is 2. The van der Waals surface area contributed by atoms with Crippen molar-refractivity contribution in [3.8, 4) is 23.0 Å². The molecule has 2 amide bonds. The summed E-state index contributed by atoms with van der Waals surface area (Å²) in [5, 5.41) is 0. The first-order valence-electron chi connectivity index (χ1n) is 9.70. The Morgan fingerprint density at radius 1 is 0.933 bits per heavy atom. The fourth-order valence-corrected chi connectivity index (χ4v) is 2.46. The maximum absolute atomic E-state index is 12.4. The highest BCUT2D eigenvalue weighted by Crippen LogP contribution is 2.28. The number of unbranched alkanes of at least 4 members (excludes halogenated alkanes) is 1. The van der Waals surface area contributed by atoms with Gasteiger partial charge < -0.3 is 18.9 Å². The summed E-state index contributed by atoms with van der Waals surface area (Å²) in [5.41, 5.74) is 5.05. The van der Waals surface area contributed by atoms with Crippen molar-refractivity contribution in [3.63, 3.8) is 0 Å².